The SMILES string of the molecule is CNCc1ccc(N(C)C(C)C(C)(C)C)c(C(F)(F)F)c1. The van der Waals surface area contributed by atoms with Gasteiger partial charge in [0, 0.05) is 25.3 Å². The van der Waals surface area contributed by atoms with Crippen LogP contribution in [0.15, 0.2) is 18.2 Å². The molecule has 1 aromatic rings. The van der Waals surface area contributed by atoms with E-state index in [-0.39, 0.29) is 17.1 Å². The zero-order valence-corrected chi connectivity index (χ0v) is 13.6. The van der Waals surface area contributed by atoms with Crippen molar-refractivity contribution in [3.05, 3.63) is 29.3 Å². The van der Waals surface area contributed by atoms with Gasteiger partial charge in [0.25, 0.3) is 0 Å². The van der Waals surface area contributed by atoms with Gasteiger partial charge in [0.05, 0.1) is 5.56 Å². The Labute approximate surface area is 125 Å². The summed E-state index contributed by atoms with van der Waals surface area (Å²) in [6.45, 7) is 8.44. The predicted octanol–water partition coefficient (Wildman–Crippen LogP) is 4.30. The van der Waals surface area contributed by atoms with Gasteiger partial charge in [-0.05, 0) is 37.1 Å². The molecule has 1 atom stereocenters. The largest absolute Gasteiger partial charge is 0.418 e. The van der Waals surface area contributed by atoms with E-state index in [2.05, 4.69) is 5.32 Å². The molecule has 0 heterocycles. The third-order valence-corrected chi connectivity index (χ3v) is 3.96. The van der Waals surface area contributed by atoms with Crippen LogP contribution in [-0.4, -0.2) is 20.1 Å². The van der Waals surface area contributed by atoms with E-state index in [1.54, 1.807) is 31.1 Å². The van der Waals surface area contributed by atoms with E-state index >= 15 is 0 Å². The molecule has 0 aliphatic heterocycles. The van der Waals surface area contributed by atoms with Crippen LogP contribution in [0.1, 0.15) is 38.8 Å². The Morgan fingerprint density at radius 3 is 2.19 bits per heavy atom. The lowest BCUT2D eigenvalue weighted by molar-refractivity contribution is -0.137. The van der Waals surface area contributed by atoms with E-state index in [9.17, 15) is 13.2 Å². The van der Waals surface area contributed by atoms with Gasteiger partial charge in [0.15, 0.2) is 0 Å². The molecular weight excluding hydrogens is 277 g/mol. The average Bonchev–Trinajstić information content (AvgIpc) is 2.35. The molecule has 0 aliphatic rings. The highest BCUT2D eigenvalue weighted by Crippen LogP contribution is 2.39. The monoisotopic (exact) mass is 302 g/mol. The second-order valence-electron chi connectivity index (χ2n) is 6.53. The molecule has 2 nitrogen and oxygen atoms in total. The molecule has 0 amide bonds. The van der Waals surface area contributed by atoms with E-state index in [1.807, 2.05) is 27.7 Å². The Balaban J connectivity index is 3.29. The van der Waals surface area contributed by atoms with Crippen LogP contribution in [0.5, 0.6) is 0 Å². The van der Waals surface area contributed by atoms with Crippen LogP contribution in [0.3, 0.4) is 0 Å². The van der Waals surface area contributed by atoms with Crippen LogP contribution in [0.4, 0.5) is 18.9 Å². The van der Waals surface area contributed by atoms with Gasteiger partial charge in [0.2, 0.25) is 0 Å². The fourth-order valence-corrected chi connectivity index (χ4v) is 2.22. The summed E-state index contributed by atoms with van der Waals surface area (Å²) in [5, 5.41) is 2.88. The number of rotatable bonds is 4. The Morgan fingerprint density at radius 1 is 1.19 bits per heavy atom. The lowest BCUT2D eigenvalue weighted by Gasteiger charge is -2.38. The van der Waals surface area contributed by atoms with Gasteiger partial charge in [-0.3, -0.25) is 0 Å². The van der Waals surface area contributed by atoms with Gasteiger partial charge in [0.1, 0.15) is 0 Å². The molecule has 5 heteroatoms. The van der Waals surface area contributed by atoms with Crippen LogP contribution in [0.2, 0.25) is 0 Å². The maximum atomic E-state index is 13.3. The fourth-order valence-electron chi connectivity index (χ4n) is 2.22. The minimum atomic E-state index is -4.36. The van der Waals surface area contributed by atoms with E-state index < -0.39 is 11.7 Å². The first-order valence-electron chi connectivity index (χ1n) is 7.06. The summed E-state index contributed by atoms with van der Waals surface area (Å²) in [6, 6.07) is 4.52. The molecule has 1 unspecified atom stereocenters. The molecule has 0 saturated carbocycles. The number of halogens is 3. The van der Waals surface area contributed by atoms with E-state index in [4.69, 9.17) is 0 Å². The van der Waals surface area contributed by atoms with Crippen LogP contribution in [-0.2, 0) is 12.7 Å². The van der Waals surface area contributed by atoms with Crippen molar-refractivity contribution in [3.8, 4) is 0 Å². The summed E-state index contributed by atoms with van der Waals surface area (Å²) < 4.78 is 40.0. The maximum absolute atomic E-state index is 13.3. The summed E-state index contributed by atoms with van der Waals surface area (Å²) in [7, 11) is 3.44. The summed E-state index contributed by atoms with van der Waals surface area (Å²) in [5.41, 5.74) is 0.172. The Bertz CT molecular complexity index is 475. The van der Waals surface area contributed by atoms with Gasteiger partial charge in [-0.2, -0.15) is 13.2 Å². The van der Waals surface area contributed by atoms with Crippen molar-refractivity contribution < 1.29 is 13.2 Å². The first kappa shape index (κ1) is 17.8. The first-order chi connectivity index (χ1) is 9.48. The zero-order chi connectivity index (χ0) is 16.4. The number of alkyl halides is 3. The summed E-state index contributed by atoms with van der Waals surface area (Å²) >= 11 is 0. The Hall–Kier alpha value is -1.23. The Morgan fingerprint density at radius 2 is 1.76 bits per heavy atom. The van der Waals surface area contributed by atoms with Crippen LogP contribution in [0.25, 0.3) is 0 Å². The third-order valence-electron chi connectivity index (χ3n) is 3.96. The average molecular weight is 302 g/mol. The highest BCUT2D eigenvalue weighted by atomic mass is 19.4. The highest BCUT2D eigenvalue weighted by molar-refractivity contribution is 5.56. The van der Waals surface area contributed by atoms with Crippen molar-refractivity contribution in [2.45, 2.75) is 46.5 Å². The molecule has 0 aromatic heterocycles. The minimum Gasteiger partial charge on any atom is -0.371 e. The molecule has 21 heavy (non-hydrogen) atoms. The molecule has 0 aliphatic carbocycles. The lowest BCUT2D eigenvalue weighted by Crippen LogP contribution is -2.40. The molecular formula is C16H25F3N2. The van der Waals surface area contributed by atoms with Gasteiger partial charge in [-0.15, -0.1) is 0 Å². The summed E-state index contributed by atoms with van der Waals surface area (Å²) in [4.78, 5) is 1.71. The van der Waals surface area contributed by atoms with Crippen molar-refractivity contribution >= 4 is 5.69 Å². The standard InChI is InChI=1S/C16H25F3N2/c1-11(15(2,3)4)21(6)14-8-7-12(10-20-5)9-13(14)16(17,18)19/h7-9,11,20H,10H2,1-6H3. The lowest BCUT2D eigenvalue weighted by atomic mass is 9.86. The fraction of sp³-hybridized carbons (Fsp3) is 0.625. The third kappa shape index (κ3) is 4.37. The molecule has 1 aromatic carbocycles. The molecule has 1 rings (SSSR count). The van der Waals surface area contributed by atoms with E-state index in [0.29, 0.717) is 12.1 Å². The zero-order valence-electron chi connectivity index (χ0n) is 13.6. The van der Waals surface area contributed by atoms with E-state index in [1.165, 1.54) is 6.07 Å². The topological polar surface area (TPSA) is 15.3 Å². The number of benzene rings is 1. The first-order valence-corrected chi connectivity index (χ1v) is 7.06. The molecule has 120 valence electrons. The van der Waals surface area contributed by atoms with Crippen LogP contribution < -0.4 is 10.2 Å². The number of hydrogen-bond acceptors (Lipinski definition) is 2. The smallest absolute Gasteiger partial charge is 0.371 e. The van der Waals surface area contributed by atoms with E-state index in [0.717, 1.165) is 0 Å². The molecule has 0 spiro atoms. The van der Waals surface area contributed by atoms with Crippen LogP contribution >= 0.6 is 0 Å². The molecule has 1 N–H and O–H groups in total. The van der Waals surface area contributed by atoms with Gasteiger partial charge in [-0.1, -0.05) is 26.8 Å². The van der Waals surface area contributed by atoms with Crippen molar-refractivity contribution in [2.24, 2.45) is 5.41 Å². The van der Waals surface area contributed by atoms with Crippen molar-refractivity contribution in [2.75, 3.05) is 19.0 Å². The molecule has 0 bridgehead atoms. The Kier molecular flexibility index (Phi) is 5.31. The van der Waals surface area contributed by atoms with Crippen molar-refractivity contribution in [1.82, 2.24) is 5.32 Å². The molecule has 0 saturated heterocycles. The number of hydrogen-bond donors (Lipinski definition) is 1. The second kappa shape index (κ2) is 6.26. The maximum Gasteiger partial charge on any atom is 0.418 e. The number of nitrogens with one attached hydrogen (secondary N) is 1. The summed E-state index contributed by atoms with van der Waals surface area (Å²) in [6.07, 6.45) is -4.36. The highest BCUT2D eigenvalue weighted by Gasteiger charge is 2.36. The summed E-state index contributed by atoms with van der Waals surface area (Å²) in [5.74, 6) is 0. The normalized spacial score (nSPS) is 14.1. The molecule has 0 fully saturated rings. The van der Waals surface area contributed by atoms with Crippen molar-refractivity contribution in [3.63, 3.8) is 0 Å². The predicted molar refractivity (Wildman–Crippen MR) is 81.5 cm³/mol. The second-order valence-corrected chi connectivity index (χ2v) is 6.53. The van der Waals surface area contributed by atoms with Crippen molar-refractivity contribution in [1.29, 1.82) is 0 Å². The van der Waals surface area contributed by atoms with Gasteiger partial charge >= 0.3 is 6.18 Å². The van der Waals surface area contributed by atoms with Crippen LogP contribution in [0, 0.1) is 5.41 Å². The van der Waals surface area contributed by atoms with Gasteiger partial charge < -0.3 is 10.2 Å². The minimum absolute atomic E-state index is 0.0197. The number of nitrogens with zero attached hydrogens (tertiary/aromatic N) is 1. The quantitative estimate of drug-likeness (QED) is 0.892. The molecule has 0 radical (unpaired) electrons. The number of anilines is 1. The van der Waals surface area contributed by atoms with Gasteiger partial charge in [-0.25, -0.2) is 0 Å².